The molecular weight excluding hydrogens is 372 g/mol. The molecule has 0 radical (unpaired) electrons. The number of anilines is 4. The first-order valence-corrected chi connectivity index (χ1v) is 9.34. The summed E-state index contributed by atoms with van der Waals surface area (Å²) in [7, 11) is 3.63. The fourth-order valence-electron chi connectivity index (χ4n) is 3.21. The summed E-state index contributed by atoms with van der Waals surface area (Å²) in [5.41, 5.74) is 9.26. The number of ether oxygens (including phenoxy) is 1. The molecule has 1 aromatic heterocycles. The molecule has 0 bridgehead atoms. The van der Waals surface area contributed by atoms with Gasteiger partial charge in [0.25, 0.3) is 0 Å². The quantitative estimate of drug-likeness (QED) is 0.684. The second-order valence-electron chi connectivity index (χ2n) is 6.81. The highest BCUT2D eigenvalue weighted by molar-refractivity contribution is 6.03. The summed E-state index contributed by atoms with van der Waals surface area (Å²) >= 11 is 0. The van der Waals surface area contributed by atoms with E-state index >= 15 is 0 Å². The normalized spacial score (nSPS) is 15.0. The Morgan fingerprint density at radius 2 is 2.03 bits per heavy atom. The molecule has 0 aliphatic carbocycles. The van der Waals surface area contributed by atoms with Crippen LogP contribution in [-0.4, -0.2) is 55.2 Å². The van der Waals surface area contributed by atoms with E-state index in [0.29, 0.717) is 17.9 Å². The Kier molecular flexibility index (Phi) is 5.76. The molecule has 1 amide bonds. The van der Waals surface area contributed by atoms with E-state index in [1.165, 1.54) is 0 Å². The summed E-state index contributed by atoms with van der Waals surface area (Å²) in [6.45, 7) is 4.62. The van der Waals surface area contributed by atoms with Gasteiger partial charge in [0.2, 0.25) is 0 Å². The zero-order chi connectivity index (χ0) is 21.1. The molecule has 0 unspecified atom stereocenters. The van der Waals surface area contributed by atoms with Crippen molar-refractivity contribution in [1.29, 1.82) is 0 Å². The largest absolute Gasteiger partial charge is 0.497 e. The number of methoxy groups -OCH3 is 1. The number of nitrogens with one attached hydrogen (secondary N) is 1. The Hall–Kier alpha value is -3.49. The number of carboxylic acid groups (broad SMARTS) is 1. The van der Waals surface area contributed by atoms with E-state index < -0.39 is 6.09 Å². The first kappa shape index (κ1) is 20.2. The zero-order valence-electron chi connectivity index (χ0n) is 17.0. The van der Waals surface area contributed by atoms with Gasteiger partial charge < -0.3 is 25.8 Å². The molecule has 29 heavy (non-hydrogen) atoms. The number of nitrogens with zero attached hydrogens (tertiary/aromatic N) is 4. The second kappa shape index (κ2) is 8.26. The third-order valence-corrected chi connectivity index (χ3v) is 4.87. The molecule has 1 atom stereocenters. The Morgan fingerprint density at radius 3 is 2.62 bits per heavy atom. The maximum absolute atomic E-state index is 11.4. The van der Waals surface area contributed by atoms with Crippen molar-refractivity contribution < 1.29 is 14.6 Å². The molecule has 1 aromatic carbocycles. The van der Waals surface area contributed by atoms with Crippen molar-refractivity contribution in [1.82, 2.24) is 4.98 Å². The zero-order valence-corrected chi connectivity index (χ0v) is 17.0. The van der Waals surface area contributed by atoms with Crippen molar-refractivity contribution in [2.75, 3.05) is 48.1 Å². The lowest BCUT2D eigenvalue weighted by Gasteiger charge is -2.29. The fraction of sp³-hybridized carbons (Fsp3) is 0.350. The monoisotopic (exact) mass is 398 g/mol. The average molecular weight is 398 g/mol. The van der Waals surface area contributed by atoms with Gasteiger partial charge in [-0.3, -0.25) is 4.90 Å². The summed E-state index contributed by atoms with van der Waals surface area (Å²) in [4.78, 5) is 23.6. The number of benzene rings is 1. The van der Waals surface area contributed by atoms with Crippen LogP contribution in [0.25, 0.3) is 0 Å². The number of aromatic nitrogens is 1. The molecule has 3 rings (SSSR count). The topological polar surface area (TPSA) is 116 Å². The highest BCUT2D eigenvalue weighted by Gasteiger charge is 2.25. The molecule has 0 fully saturated rings. The van der Waals surface area contributed by atoms with Gasteiger partial charge in [-0.05, 0) is 38.1 Å². The van der Waals surface area contributed by atoms with Crippen LogP contribution in [0.2, 0.25) is 0 Å². The number of rotatable bonds is 6. The van der Waals surface area contributed by atoms with Crippen LogP contribution in [0.5, 0.6) is 5.75 Å². The van der Waals surface area contributed by atoms with Gasteiger partial charge in [-0.25, -0.2) is 14.8 Å². The molecule has 4 N–H and O–H groups in total. The first-order chi connectivity index (χ1) is 13.8. The smallest absolute Gasteiger partial charge is 0.413 e. The fourth-order valence-corrected chi connectivity index (χ4v) is 3.21. The van der Waals surface area contributed by atoms with Gasteiger partial charge in [-0.1, -0.05) is 0 Å². The van der Waals surface area contributed by atoms with Gasteiger partial charge in [-0.15, -0.1) is 0 Å². The third kappa shape index (κ3) is 4.18. The first-order valence-electron chi connectivity index (χ1n) is 9.34. The molecule has 0 saturated heterocycles. The van der Waals surface area contributed by atoms with Crippen LogP contribution in [0.4, 0.5) is 33.5 Å². The molecule has 9 nitrogen and oxygen atoms in total. The Labute approximate surface area is 169 Å². The Balaban J connectivity index is 1.87. The average Bonchev–Trinajstić information content (AvgIpc) is 2.69. The number of nitrogen functional groups attached to an aromatic ring is 1. The number of hydrogen-bond acceptors (Lipinski definition) is 7. The van der Waals surface area contributed by atoms with Crippen LogP contribution in [-0.2, 0) is 0 Å². The van der Waals surface area contributed by atoms with Crippen LogP contribution < -0.4 is 25.6 Å². The van der Waals surface area contributed by atoms with Crippen LogP contribution >= 0.6 is 0 Å². The molecule has 2 aromatic rings. The minimum Gasteiger partial charge on any atom is -0.497 e. The predicted octanol–water partition coefficient (Wildman–Crippen LogP) is 3.20. The molecule has 0 spiro atoms. The van der Waals surface area contributed by atoms with Crippen molar-refractivity contribution >= 4 is 40.5 Å². The minimum absolute atomic E-state index is 0.0437. The number of amides is 1. The van der Waals surface area contributed by atoms with Crippen molar-refractivity contribution in [2.24, 2.45) is 4.99 Å². The molecule has 1 aliphatic rings. The maximum atomic E-state index is 11.4. The molecule has 154 valence electrons. The highest BCUT2D eigenvalue weighted by Crippen LogP contribution is 2.37. The molecule has 2 heterocycles. The van der Waals surface area contributed by atoms with Crippen molar-refractivity contribution in [3.05, 3.63) is 30.3 Å². The summed E-state index contributed by atoms with van der Waals surface area (Å²) in [6.07, 6.45) is -1.08. The van der Waals surface area contributed by atoms with Crippen LogP contribution in [0.15, 0.2) is 35.3 Å². The molecular formula is C20H26N6O3. The van der Waals surface area contributed by atoms with Gasteiger partial charge in [0.1, 0.15) is 17.3 Å². The standard InChI is InChI=1S/C20H26N6O3/c1-5-26(20(27)28)17-10-15-18(19(21)24-17)23-16(12(2)22-15)11-25(3)13-6-8-14(29-4)9-7-13/h6-10,12,22H,5,11H2,1-4H3,(H2,21,24)(H,27,28)/t12-/m0/s1. The summed E-state index contributed by atoms with van der Waals surface area (Å²) in [5, 5.41) is 12.7. The Morgan fingerprint density at radius 1 is 1.34 bits per heavy atom. The number of nitrogens with two attached hydrogens (primary N) is 1. The maximum Gasteiger partial charge on any atom is 0.413 e. The van der Waals surface area contributed by atoms with E-state index in [9.17, 15) is 9.90 Å². The minimum atomic E-state index is -1.08. The molecule has 9 heteroatoms. The summed E-state index contributed by atoms with van der Waals surface area (Å²) in [6, 6.07) is 9.43. The van der Waals surface area contributed by atoms with Crippen LogP contribution in [0.3, 0.4) is 0 Å². The number of fused-ring (bicyclic) bond motifs is 1. The van der Waals surface area contributed by atoms with Crippen molar-refractivity contribution in [3.63, 3.8) is 0 Å². The van der Waals surface area contributed by atoms with Gasteiger partial charge in [0.05, 0.1) is 31.1 Å². The summed E-state index contributed by atoms with van der Waals surface area (Å²) in [5.74, 6) is 1.28. The molecule has 0 saturated carbocycles. The van der Waals surface area contributed by atoms with Gasteiger partial charge in [0.15, 0.2) is 5.82 Å². The van der Waals surface area contributed by atoms with Gasteiger partial charge in [-0.2, -0.15) is 0 Å². The van der Waals surface area contributed by atoms with Crippen LogP contribution in [0, 0.1) is 0 Å². The van der Waals surface area contributed by atoms with E-state index in [1.54, 1.807) is 20.1 Å². The second-order valence-corrected chi connectivity index (χ2v) is 6.81. The number of carbonyl (C=O) groups is 1. The van der Waals surface area contributed by atoms with Crippen molar-refractivity contribution in [2.45, 2.75) is 19.9 Å². The lowest BCUT2D eigenvalue weighted by Crippen LogP contribution is -2.38. The van der Waals surface area contributed by atoms with E-state index in [2.05, 4.69) is 15.2 Å². The van der Waals surface area contributed by atoms with E-state index in [4.69, 9.17) is 15.5 Å². The van der Waals surface area contributed by atoms with Gasteiger partial charge >= 0.3 is 6.09 Å². The molecule has 1 aliphatic heterocycles. The van der Waals surface area contributed by atoms with Crippen LogP contribution in [0.1, 0.15) is 13.8 Å². The SMILES string of the molecule is CCN(C(=O)O)c1cc2c(c(N)n1)N=C(CN(C)c1ccc(OC)cc1)[C@H](C)N2. The van der Waals surface area contributed by atoms with Crippen molar-refractivity contribution in [3.8, 4) is 5.75 Å². The Bertz CT molecular complexity index is 929. The summed E-state index contributed by atoms with van der Waals surface area (Å²) < 4.78 is 5.20. The number of aliphatic imine (C=N–C) groups is 1. The van der Waals surface area contributed by atoms with Gasteiger partial charge in [0, 0.05) is 25.3 Å². The third-order valence-electron chi connectivity index (χ3n) is 4.87. The predicted molar refractivity (Wildman–Crippen MR) is 116 cm³/mol. The van der Waals surface area contributed by atoms with E-state index in [1.807, 2.05) is 38.2 Å². The van der Waals surface area contributed by atoms with E-state index in [-0.39, 0.29) is 24.2 Å². The highest BCUT2D eigenvalue weighted by atomic mass is 16.5. The number of hydrogen-bond donors (Lipinski definition) is 3. The number of pyridine rings is 1. The lowest BCUT2D eigenvalue weighted by molar-refractivity contribution is 0.202. The van der Waals surface area contributed by atoms with E-state index in [0.717, 1.165) is 22.0 Å². The lowest BCUT2D eigenvalue weighted by atomic mass is 10.1.